The third-order valence-electron chi connectivity index (χ3n) is 5.03. The Bertz CT molecular complexity index is 1300. The van der Waals surface area contributed by atoms with Crippen molar-refractivity contribution >= 4 is 29.5 Å². The Morgan fingerprint density at radius 3 is 2.26 bits per heavy atom. The van der Waals surface area contributed by atoms with Crippen LogP contribution in [0.5, 0.6) is 17.2 Å². The van der Waals surface area contributed by atoms with Gasteiger partial charge < -0.3 is 14.2 Å². The lowest BCUT2D eigenvalue weighted by Crippen LogP contribution is -2.18. The maximum Gasteiger partial charge on any atom is 0.349 e. The second-order valence-electron chi connectivity index (χ2n) is 7.48. The van der Waals surface area contributed by atoms with E-state index in [4.69, 9.17) is 14.2 Å². The fourth-order valence-electron chi connectivity index (χ4n) is 3.31. The highest BCUT2D eigenvalue weighted by Gasteiger charge is 2.18. The van der Waals surface area contributed by atoms with E-state index in [1.165, 1.54) is 31.4 Å². The molecule has 0 heterocycles. The molecule has 0 N–H and O–H groups in total. The molecule has 0 bridgehead atoms. The molecule has 0 aliphatic rings. The Morgan fingerprint density at radius 2 is 1.63 bits per heavy atom. The number of nitro benzene ring substituents is 2. The minimum atomic E-state index is -0.696. The molecule has 0 radical (unpaired) electrons. The molecular weight excluding hydrogens is 456 g/mol. The molecule has 180 valence electrons. The van der Waals surface area contributed by atoms with E-state index >= 15 is 0 Å². The highest BCUT2D eigenvalue weighted by molar-refractivity contribution is 5.77. The standard InChI is InChI=1S/C25H22N2O8/c1-16-5-4-6-17(2)25(16)34-15-24(28)35-22-12-8-18(13-23(22)33-3)7-9-19-10-11-20(26(29)30)14-21(19)27(31)32/h4-14H,15H2,1-3H3. The van der Waals surface area contributed by atoms with Crippen molar-refractivity contribution in [3.63, 3.8) is 0 Å². The molecule has 0 aromatic heterocycles. The van der Waals surface area contributed by atoms with Gasteiger partial charge in [-0.3, -0.25) is 20.2 Å². The van der Waals surface area contributed by atoms with Gasteiger partial charge in [0.2, 0.25) is 0 Å². The van der Waals surface area contributed by atoms with Crippen molar-refractivity contribution in [2.24, 2.45) is 0 Å². The van der Waals surface area contributed by atoms with Crippen LogP contribution in [0.1, 0.15) is 22.3 Å². The van der Waals surface area contributed by atoms with E-state index in [0.29, 0.717) is 11.3 Å². The third-order valence-corrected chi connectivity index (χ3v) is 5.03. The molecule has 10 heteroatoms. The van der Waals surface area contributed by atoms with Crippen LogP contribution in [-0.2, 0) is 4.79 Å². The first-order valence-corrected chi connectivity index (χ1v) is 10.4. The van der Waals surface area contributed by atoms with E-state index in [0.717, 1.165) is 17.2 Å². The fourth-order valence-corrected chi connectivity index (χ4v) is 3.31. The predicted octanol–water partition coefficient (Wildman–Crippen LogP) is 5.28. The van der Waals surface area contributed by atoms with Crippen LogP contribution >= 0.6 is 0 Å². The van der Waals surface area contributed by atoms with Gasteiger partial charge in [0.25, 0.3) is 11.4 Å². The van der Waals surface area contributed by atoms with Crippen LogP contribution in [0.3, 0.4) is 0 Å². The number of ether oxygens (including phenoxy) is 3. The van der Waals surface area contributed by atoms with Gasteiger partial charge in [-0.2, -0.15) is 0 Å². The van der Waals surface area contributed by atoms with Gasteiger partial charge >= 0.3 is 5.97 Å². The summed E-state index contributed by atoms with van der Waals surface area (Å²) in [7, 11) is 1.41. The number of non-ortho nitro benzene ring substituents is 1. The van der Waals surface area contributed by atoms with Crippen LogP contribution in [-0.4, -0.2) is 29.5 Å². The van der Waals surface area contributed by atoms with Gasteiger partial charge in [0.05, 0.1) is 28.6 Å². The maximum atomic E-state index is 12.3. The van der Waals surface area contributed by atoms with Crippen molar-refractivity contribution in [1.29, 1.82) is 0 Å². The van der Waals surface area contributed by atoms with Gasteiger partial charge in [0, 0.05) is 6.07 Å². The van der Waals surface area contributed by atoms with Crippen LogP contribution in [0.15, 0.2) is 54.6 Å². The van der Waals surface area contributed by atoms with E-state index in [-0.39, 0.29) is 29.4 Å². The van der Waals surface area contributed by atoms with Crippen molar-refractivity contribution in [2.45, 2.75) is 13.8 Å². The van der Waals surface area contributed by atoms with Crippen LogP contribution in [0, 0.1) is 34.1 Å². The van der Waals surface area contributed by atoms with Crippen LogP contribution < -0.4 is 14.2 Å². The molecule has 0 unspecified atom stereocenters. The van der Waals surface area contributed by atoms with Crippen molar-refractivity contribution in [3.8, 4) is 17.2 Å². The summed E-state index contributed by atoms with van der Waals surface area (Å²) >= 11 is 0. The molecule has 0 aliphatic heterocycles. The van der Waals surface area contributed by atoms with Crippen molar-refractivity contribution in [1.82, 2.24) is 0 Å². The van der Waals surface area contributed by atoms with E-state index < -0.39 is 21.5 Å². The van der Waals surface area contributed by atoms with E-state index in [2.05, 4.69) is 0 Å². The number of nitro groups is 2. The zero-order valence-corrected chi connectivity index (χ0v) is 19.2. The molecule has 0 spiro atoms. The van der Waals surface area contributed by atoms with Gasteiger partial charge in [0.15, 0.2) is 18.1 Å². The number of nitrogens with zero attached hydrogens (tertiary/aromatic N) is 2. The minimum absolute atomic E-state index is 0.182. The van der Waals surface area contributed by atoms with Crippen molar-refractivity contribution in [3.05, 3.63) is 97.1 Å². The van der Waals surface area contributed by atoms with Crippen LogP contribution in [0.2, 0.25) is 0 Å². The number of hydrogen-bond donors (Lipinski definition) is 0. The summed E-state index contributed by atoms with van der Waals surface area (Å²) in [5.74, 6) is 0.458. The molecule has 0 aliphatic carbocycles. The maximum absolute atomic E-state index is 12.3. The molecular formula is C25H22N2O8. The molecule has 0 amide bonds. The number of carbonyl (C=O) groups is 1. The zero-order valence-electron chi connectivity index (χ0n) is 19.2. The summed E-state index contributed by atoms with van der Waals surface area (Å²) < 4.78 is 16.3. The number of aryl methyl sites for hydroxylation is 2. The lowest BCUT2D eigenvalue weighted by atomic mass is 10.1. The third kappa shape index (κ3) is 6.20. The summed E-state index contributed by atoms with van der Waals surface area (Å²) in [6, 6.07) is 13.8. The number of rotatable bonds is 9. The minimum Gasteiger partial charge on any atom is -0.493 e. The Kier molecular flexibility index (Phi) is 7.77. The van der Waals surface area contributed by atoms with Crippen molar-refractivity contribution in [2.75, 3.05) is 13.7 Å². The van der Waals surface area contributed by atoms with Gasteiger partial charge in [-0.1, -0.05) is 30.3 Å². The number of benzene rings is 3. The molecule has 35 heavy (non-hydrogen) atoms. The lowest BCUT2D eigenvalue weighted by molar-refractivity contribution is -0.394. The monoisotopic (exact) mass is 478 g/mol. The molecule has 0 fully saturated rings. The molecule has 3 aromatic carbocycles. The highest BCUT2D eigenvalue weighted by Crippen LogP contribution is 2.31. The number of esters is 1. The second-order valence-corrected chi connectivity index (χ2v) is 7.48. The Balaban J connectivity index is 1.74. The number of para-hydroxylation sites is 1. The van der Waals surface area contributed by atoms with Gasteiger partial charge in [-0.15, -0.1) is 0 Å². The number of hydrogen-bond acceptors (Lipinski definition) is 8. The van der Waals surface area contributed by atoms with E-state index in [9.17, 15) is 25.0 Å². The Labute approximate surface area is 200 Å². The van der Waals surface area contributed by atoms with Gasteiger partial charge in [0.1, 0.15) is 5.75 Å². The first kappa shape index (κ1) is 24.9. The highest BCUT2D eigenvalue weighted by atomic mass is 16.6. The summed E-state index contributed by atoms with van der Waals surface area (Å²) in [4.78, 5) is 33.1. The Morgan fingerprint density at radius 1 is 0.914 bits per heavy atom. The molecule has 3 aromatic rings. The average molecular weight is 478 g/mol. The first-order chi connectivity index (χ1) is 16.7. The van der Waals surface area contributed by atoms with Crippen molar-refractivity contribution < 1.29 is 28.9 Å². The SMILES string of the molecule is COc1cc(C=Cc2ccc([N+](=O)[O-])cc2[N+](=O)[O-])ccc1OC(=O)COc1c(C)cccc1C. The van der Waals surface area contributed by atoms with E-state index in [1.54, 1.807) is 18.2 Å². The summed E-state index contributed by atoms with van der Waals surface area (Å²) in [6.07, 6.45) is 3.03. The number of carbonyl (C=O) groups excluding carboxylic acids is 1. The lowest BCUT2D eigenvalue weighted by Gasteiger charge is -2.13. The average Bonchev–Trinajstić information content (AvgIpc) is 2.82. The Hall–Kier alpha value is -4.73. The zero-order chi connectivity index (χ0) is 25.5. The smallest absolute Gasteiger partial charge is 0.349 e. The molecule has 0 saturated heterocycles. The predicted molar refractivity (Wildman–Crippen MR) is 129 cm³/mol. The molecule has 0 saturated carbocycles. The molecule has 10 nitrogen and oxygen atoms in total. The van der Waals surface area contributed by atoms with Crippen LogP contribution in [0.4, 0.5) is 11.4 Å². The normalized spacial score (nSPS) is 10.7. The molecule has 0 atom stereocenters. The quantitative estimate of drug-likeness (QED) is 0.133. The van der Waals surface area contributed by atoms with Gasteiger partial charge in [-0.25, -0.2) is 4.79 Å². The number of methoxy groups -OCH3 is 1. The fraction of sp³-hybridized carbons (Fsp3) is 0.160. The van der Waals surface area contributed by atoms with E-state index in [1.807, 2.05) is 32.0 Å². The van der Waals surface area contributed by atoms with Gasteiger partial charge in [-0.05, 0) is 54.8 Å². The summed E-state index contributed by atoms with van der Waals surface area (Å²) in [6.45, 7) is 3.47. The van der Waals surface area contributed by atoms with Crippen LogP contribution in [0.25, 0.3) is 12.2 Å². The largest absolute Gasteiger partial charge is 0.493 e. The molecule has 3 rings (SSSR count). The topological polar surface area (TPSA) is 131 Å². The second kappa shape index (κ2) is 10.9. The summed E-state index contributed by atoms with van der Waals surface area (Å²) in [5.41, 5.74) is 1.83. The summed E-state index contributed by atoms with van der Waals surface area (Å²) in [5, 5.41) is 22.2. The first-order valence-electron chi connectivity index (χ1n) is 10.4.